The molecule has 1 aromatic heterocycles. The Balaban J connectivity index is 2.15. The number of nitrogens with one attached hydrogen (secondary N) is 2. The van der Waals surface area contributed by atoms with Crippen molar-refractivity contribution in [3.8, 4) is 0 Å². The largest absolute Gasteiger partial charge is 0.359 e. The van der Waals surface area contributed by atoms with Crippen molar-refractivity contribution in [2.75, 3.05) is 32.6 Å². The van der Waals surface area contributed by atoms with E-state index < -0.39 is 0 Å². The summed E-state index contributed by atoms with van der Waals surface area (Å²) in [4.78, 5) is 41.8. The van der Waals surface area contributed by atoms with Crippen LogP contribution in [0.3, 0.4) is 0 Å². The van der Waals surface area contributed by atoms with Crippen LogP contribution in [-0.4, -0.2) is 49.1 Å². The SMILES string of the molecule is CNC(=O)CCNC(=O)CCn1c(=O)c(N(C)C)nc2ccccc21. The molecule has 2 amide bonds. The molecule has 0 saturated carbocycles. The zero-order chi connectivity index (χ0) is 18.4. The Hall–Kier alpha value is -2.90. The average molecular weight is 345 g/mol. The molecule has 25 heavy (non-hydrogen) atoms. The van der Waals surface area contributed by atoms with Crippen LogP contribution < -0.4 is 21.1 Å². The molecular formula is C17H23N5O3. The minimum Gasteiger partial charge on any atom is -0.359 e. The van der Waals surface area contributed by atoms with Gasteiger partial charge in [0.1, 0.15) is 0 Å². The number of rotatable bonds is 7. The van der Waals surface area contributed by atoms with Crippen LogP contribution in [0.15, 0.2) is 29.1 Å². The van der Waals surface area contributed by atoms with Crippen LogP contribution in [0.1, 0.15) is 12.8 Å². The maximum atomic E-state index is 12.7. The zero-order valence-electron chi connectivity index (χ0n) is 14.7. The Kier molecular flexibility index (Phi) is 6.10. The van der Waals surface area contributed by atoms with Crippen LogP contribution in [0.5, 0.6) is 0 Å². The van der Waals surface area contributed by atoms with Crippen LogP contribution in [-0.2, 0) is 16.1 Å². The first-order valence-corrected chi connectivity index (χ1v) is 8.08. The van der Waals surface area contributed by atoms with Crippen LogP contribution in [0.25, 0.3) is 11.0 Å². The molecule has 0 bridgehead atoms. The maximum Gasteiger partial charge on any atom is 0.293 e. The number of carbonyl (C=O) groups is 2. The third-order valence-electron chi connectivity index (χ3n) is 3.77. The fourth-order valence-corrected chi connectivity index (χ4v) is 2.43. The highest BCUT2D eigenvalue weighted by Crippen LogP contribution is 2.13. The second-order valence-corrected chi connectivity index (χ2v) is 5.80. The number of aryl methyl sites for hydroxylation is 1. The van der Waals surface area contributed by atoms with Crippen molar-refractivity contribution in [2.45, 2.75) is 19.4 Å². The highest BCUT2D eigenvalue weighted by Gasteiger charge is 2.13. The lowest BCUT2D eigenvalue weighted by atomic mass is 10.2. The number of nitrogens with zero attached hydrogens (tertiary/aromatic N) is 3. The molecule has 8 heteroatoms. The lowest BCUT2D eigenvalue weighted by molar-refractivity contribution is -0.122. The average Bonchev–Trinajstić information content (AvgIpc) is 2.60. The fraction of sp³-hybridized carbons (Fsp3) is 0.412. The molecule has 2 rings (SSSR count). The van der Waals surface area contributed by atoms with Gasteiger partial charge in [-0.15, -0.1) is 0 Å². The Morgan fingerprint density at radius 3 is 2.56 bits per heavy atom. The van der Waals surface area contributed by atoms with Gasteiger partial charge in [-0.2, -0.15) is 0 Å². The minimum atomic E-state index is -0.234. The van der Waals surface area contributed by atoms with Crippen molar-refractivity contribution >= 4 is 28.7 Å². The summed E-state index contributed by atoms with van der Waals surface area (Å²) in [6.07, 6.45) is 0.375. The second-order valence-electron chi connectivity index (χ2n) is 5.80. The third-order valence-corrected chi connectivity index (χ3v) is 3.77. The zero-order valence-corrected chi connectivity index (χ0v) is 14.7. The van der Waals surface area contributed by atoms with Crippen molar-refractivity contribution < 1.29 is 9.59 Å². The van der Waals surface area contributed by atoms with E-state index in [0.29, 0.717) is 16.9 Å². The molecule has 8 nitrogen and oxygen atoms in total. The first-order valence-electron chi connectivity index (χ1n) is 8.08. The first kappa shape index (κ1) is 18.4. The molecule has 0 atom stereocenters. The van der Waals surface area contributed by atoms with E-state index in [4.69, 9.17) is 0 Å². The standard InChI is InChI=1S/C17H23N5O3/c1-18-14(23)8-10-19-15(24)9-11-22-13-7-5-4-6-12(13)20-16(17(22)25)21(2)3/h4-7H,8-11H2,1-3H3,(H,18,23)(H,19,24). The molecule has 0 aliphatic rings. The van der Waals surface area contributed by atoms with Crippen molar-refractivity contribution in [3.05, 3.63) is 34.6 Å². The van der Waals surface area contributed by atoms with Crippen molar-refractivity contribution in [1.82, 2.24) is 20.2 Å². The normalized spacial score (nSPS) is 10.5. The molecular weight excluding hydrogens is 322 g/mol. The van der Waals surface area contributed by atoms with Gasteiger partial charge in [0.2, 0.25) is 11.8 Å². The number of aromatic nitrogens is 2. The van der Waals surface area contributed by atoms with E-state index in [1.54, 1.807) is 30.6 Å². The van der Waals surface area contributed by atoms with Gasteiger partial charge in [-0.25, -0.2) is 4.98 Å². The van der Waals surface area contributed by atoms with Gasteiger partial charge in [0.05, 0.1) is 11.0 Å². The Bertz CT molecular complexity index is 829. The summed E-state index contributed by atoms with van der Waals surface area (Å²) in [7, 11) is 5.07. The number of para-hydroxylation sites is 2. The lowest BCUT2D eigenvalue weighted by Gasteiger charge is -2.16. The van der Waals surface area contributed by atoms with Gasteiger partial charge < -0.3 is 20.1 Å². The van der Waals surface area contributed by atoms with Crippen molar-refractivity contribution in [1.29, 1.82) is 0 Å². The molecule has 2 N–H and O–H groups in total. The number of amides is 2. The second kappa shape index (κ2) is 8.27. The summed E-state index contributed by atoms with van der Waals surface area (Å²) in [5.41, 5.74) is 1.16. The van der Waals surface area contributed by atoms with E-state index in [2.05, 4.69) is 15.6 Å². The van der Waals surface area contributed by atoms with Crippen molar-refractivity contribution in [2.24, 2.45) is 0 Å². The highest BCUT2D eigenvalue weighted by atomic mass is 16.2. The summed E-state index contributed by atoms with van der Waals surface area (Å²) in [5, 5.41) is 5.18. The van der Waals surface area contributed by atoms with E-state index in [0.717, 1.165) is 0 Å². The van der Waals surface area contributed by atoms with Gasteiger partial charge in [0, 0.05) is 47.1 Å². The van der Waals surface area contributed by atoms with E-state index in [-0.39, 0.29) is 43.3 Å². The molecule has 0 aliphatic carbocycles. The number of hydrogen-bond donors (Lipinski definition) is 2. The van der Waals surface area contributed by atoms with Gasteiger partial charge >= 0.3 is 0 Å². The van der Waals surface area contributed by atoms with E-state index >= 15 is 0 Å². The number of anilines is 1. The summed E-state index contributed by atoms with van der Waals surface area (Å²) >= 11 is 0. The predicted molar refractivity (Wildman–Crippen MR) is 96.6 cm³/mol. The fourth-order valence-electron chi connectivity index (χ4n) is 2.43. The molecule has 0 saturated heterocycles. The van der Waals surface area contributed by atoms with Crippen LogP contribution in [0, 0.1) is 0 Å². The molecule has 0 radical (unpaired) electrons. The van der Waals surface area contributed by atoms with Crippen LogP contribution in [0.2, 0.25) is 0 Å². The topological polar surface area (TPSA) is 96.3 Å². The molecule has 1 heterocycles. The van der Waals surface area contributed by atoms with Gasteiger partial charge in [-0.1, -0.05) is 12.1 Å². The maximum absolute atomic E-state index is 12.7. The van der Waals surface area contributed by atoms with Gasteiger partial charge in [0.25, 0.3) is 5.56 Å². The third kappa shape index (κ3) is 4.56. The number of carbonyl (C=O) groups excluding carboxylic acids is 2. The highest BCUT2D eigenvalue weighted by molar-refractivity contribution is 5.79. The summed E-state index contributed by atoms with van der Waals surface area (Å²) < 4.78 is 1.57. The number of benzene rings is 1. The van der Waals surface area contributed by atoms with Gasteiger partial charge in [0.15, 0.2) is 5.82 Å². The summed E-state index contributed by atoms with van der Waals surface area (Å²) in [5.74, 6) is -0.00547. The van der Waals surface area contributed by atoms with Gasteiger partial charge in [-0.05, 0) is 12.1 Å². The monoisotopic (exact) mass is 345 g/mol. The summed E-state index contributed by atoms with van der Waals surface area (Å²) in [6, 6.07) is 7.34. The Morgan fingerprint density at radius 1 is 1.16 bits per heavy atom. The molecule has 134 valence electrons. The quantitative estimate of drug-likeness (QED) is 0.742. The number of fused-ring (bicyclic) bond motifs is 1. The molecule has 2 aromatic rings. The predicted octanol–water partition coefficient (Wildman–Crippen LogP) is 0.105. The smallest absolute Gasteiger partial charge is 0.293 e. The Morgan fingerprint density at radius 2 is 1.88 bits per heavy atom. The van der Waals surface area contributed by atoms with E-state index in [1.807, 2.05) is 24.3 Å². The summed E-state index contributed by atoms with van der Waals surface area (Å²) in [6.45, 7) is 0.516. The molecule has 0 unspecified atom stereocenters. The van der Waals surface area contributed by atoms with E-state index in [9.17, 15) is 14.4 Å². The first-order chi connectivity index (χ1) is 11.9. The minimum absolute atomic E-state index is 0.132. The molecule has 0 fully saturated rings. The Labute approximate surface area is 145 Å². The molecule has 1 aromatic carbocycles. The number of hydrogen-bond acceptors (Lipinski definition) is 5. The lowest BCUT2D eigenvalue weighted by Crippen LogP contribution is -2.32. The van der Waals surface area contributed by atoms with E-state index in [1.165, 1.54) is 0 Å². The molecule has 0 spiro atoms. The van der Waals surface area contributed by atoms with Crippen LogP contribution >= 0.6 is 0 Å². The van der Waals surface area contributed by atoms with Gasteiger partial charge in [-0.3, -0.25) is 14.4 Å². The van der Waals surface area contributed by atoms with Crippen LogP contribution in [0.4, 0.5) is 5.82 Å². The molecule has 0 aliphatic heterocycles. The van der Waals surface area contributed by atoms with Crippen molar-refractivity contribution in [3.63, 3.8) is 0 Å².